The Balaban J connectivity index is 0. The lowest BCUT2D eigenvalue weighted by atomic mass is 10.3. The number of aliphatic imine (C=N–C) groups is 3. The van der Waals surface area contributed by atoms with Gasteiger partial charge in [-0.3, -0.25) is 0 Å². The Bertz CT molecular complexity index is 279. The molecule has 0 heterocycles. The molecule has 0 aliphatic carbocycles. The Labute approximate surface area is 101 Å². The van der Waals surface area contributed by atoms with Gasteiger partial charge in [0.2, 0.25) is 18.2 Å². The summed E-state index contributed by atoms with van der Waals surface area (Å²) in [5, 5.41) is 0. The Morgan fingerprint density at radius 3 is 1.35 bits per heavy atom. The van der Waals surface area contributed by atoms with Crippen molar-refractivity contribution < 1.29 is 14.4 Å². The molecule has 0 radical (unpaired) electrons. The van der Waals surface area contributed by atoms with E-state index in [1.54, 1.807) is 0 Å². The summed E-state index contributed by atoms with van der Waals surface area (Å²) in [7, 11) is 0. The van der Waals surface area contributed by atoms with Crippen LogP contribution >= 0.6 is 0 Å². The van der Waals surface area contributed by atoms with Crippen LogP contribution < -0.4 is 0 Å². The largest absolute Gasteiger partial charge is 0.234 e. The van der Waals surface area contributed by atoms with Gasteiger partial charge in [0, 0.05) is 0 Å². The zero-order valence-electron chi connectivity index (χ0n) is 10.0. The number of rotatable bonds is 8. The highest BCUT2D eigenvalue weighted by Gasteiger charge is 1.83. The molecule has 0 spiro atoms. The van der Waals surface area contributed by atoms with Crippen LogP contribution in [0.15, 0.2) is 15.0 Å². The van der Waals surface area contributed by atoms with Gasteiger partial charge in [-0.05, 0) is 19.3 Å². The molecule has 6 nitrogen and oxygen atoms in total. The lowest BCUT2D eigenvalue weighted by molar-refractivity contribution is 0.559. The van der Waals surface area contributed by atoms with Gasteiger partial charge >= 0.3 is 0 Å². The maximum absolute atomic E-state index is 9.52. The zero-order valence-corrected chi connectivity index (χ0v) is 10.0. The van der Waals surface area contributed by atoms with E-state index >= 15 is 0 Å². The first-order valence-electron chi connectivity index (χ1n) is 5.44. The SMILES string of the molecule is CCCCN=C=O.O=C=NCCCCN=C=O. The maximum atomic E-state index is 9.52. The van der Waals surface area contributed by atoms with Crippen molar-refractivity contribution in [1.29, 1.82) is 0 Å². The molecule has 0 aromatic carbocycles. The summed E-state index contributed by atoms with van der Waals surface area (Å²) in [6.07, 6.45) is 7.94. The monoisotopic (exact) mass is 239 g/mol. The molecule has 0 saturated heterocycles. The van der Waals surface area contributed by atoms with Gasteiger partial charge in [0.05, 0.1) is 19.6 Å². The summed E-state index contributed by atoms with van der Waals surface area (Å²) in [6, 6.07) is 0. The van der Waals surface area contributed by atoms with Gasteiger partial charge in [-0.25, -0.2) is 29.4 Å². The number of hydrogen-bond acceptors (Lipinski definition) is 6. The topological polar surface area (TPSA) is 88.3 Å². The zero-order chi connectivity index (χ0) is 13.2. The highest BCUT2D eigenvalue weighted by Crippen LogP contribution is 1.88. The van der Waals surface area contributed by atoms with Crippen molar-refractivity contribution in [3.63, 3.8) is 0 Å². The molecule has 0 aliphatic heterocycles. The first-order valence-corrected chi connectivity index (χ1v) is 5.44. The number of unbranched alkanes of at least 4 members (excludes halogenated alkanes) is 2. The molecule has 0 aromatic heterocycles. The van der Waals surface area contributed by atoms with Crippen LogP contribution in [0.1, 0.15) is 32.6 Å². The molecule has 94 valence electrons. The van der Waals surface area contributed by atoms with E-state index in [4.69, 9.17) is 0 Å². The third-order valence-corrected chi connectivity index (χ3v) is 1.61. The Hall–Kier alpha value is -1.86. The predicted molar refractivity (Wildman–Crippen MR) is 63.1 cm³/mol. The molecule has 0 atom stereocenters. The summed E-state index contributed by atoms with van der Waals surface area (Å²) >= 11 is 0. The average molecular weight is 239 g/mol. The van der Waals surface area contributed by atoms with Crippen LogP contribution in [0.5, 0.6) is 0 Å². The maximum Gasteiger partial charge on any atom is 0.234 e. The molecule has 0 unspecified atom stereocenters. The fraction of sp³-hybridized carbons (Fsp3) is 0.727. The molecule has 0 saturated carbocycles. The molecule has 6 heteroatoms. The van der Waals surface area contributed by atoms with Gasteiger partial charge < -0.3 is 0 Å². The van der Waals surface area contributed by atoms with Crippen LogP contribution in [0.2, 0.25) is 0 Å². The highest BCUT2D eigenvalue weighted by molar-refractivity contribution is 5.33. The summed E-state index contributed by atoms with van der Waals surface area (Å²) in [6.45, 7) is 3.63. The first kappa shape index (κ1) is 17.5. The van der Waals surface area contributed by atoms with E-state index in [1.807, 2.05) is 0 Å². The lowest BCUT2D eigenvalue weighted by Gasteiger charge is -1.87. The van der Waals surface area contributed by atoms with E-state index in [0.717, 1.165) is 25.7 Å². The van der Waals surface area contributed by atoms with E-state index < -0.39 is 0 Å². The van der Waals surface area contributed by atoms with Gasteiger partial charge in [-0.15, -0.1) is 0 Å². The summed E-state index contributed by atoms with van der Waals surface area (Å²) in [5.41, 5.74) is 0. The molecule has 0 aromatic rings. The van der Waals surface area contributed by atoms with Crippen molar-refractivity contribution >= 4 is 18.2 Å². The smallest absolute Gasteiger partial charge is 0.211 e. The standard InChI is InChI=1S/C6H8N2O2.C5H9NO/c9-5-7-3-1-2-4-8-6-10;1-2-3-4-6-5-7/h1-4H2;2-4H2,1H3. The van der Waals surface area contributed by atoms with E-state index in [1.165, 1.54) is 18.2 Å². The molecule has 0 amide bonds. The minimum Gasteiger partial charge on any atom is -0.211 e. The van der Waals surface area contributed by atoms with Crippen LogP contribution in [0.4, 0.5) is 0 Å². The molecule has 0 bridgehead atoms. The van der Waals surface area contributed by atoms with Gasteiger partial charge in [0.1, 0.15) is 0 Å². The molecular weight excluding hydrogens is 222 g/mol. The second kappa shape index (κ2) is 19.7. The molecule has 0 fully saturated rings. The van der Waals surface area contributed by atoms with Crippen LogP contribution in [0, 0.1) is 0 Å². The minimum absolute atomic E-state index is 0.470. The van der Waals surface area contributed by atoms with E-state index in [-0.39, 0.29) is 0 Å². The van der Waals surface area contributed by atoms with Gasteiger partial charge in [-0.1, -0.05) is 13.3 Å². The van der Waals surface area contributed by atoms with Gasteiger partial charge in [-0.2, -0.15) is 0 Å². The van der Waals surface area contributed by atoms with E-state index in [0.29, 0.717) is 19.6 Å². The third kappa shape index (κ3) is 24.9. The Morgan fingerprint density at radius 1 is 0.706 bits per heavy atom. The van der Waals surface area contributed by atoms with E-state index in [9.17, 15) is 14.4 Å². The van der Waals surface area contributed by atoms with Crippen LogP contribution in [-0.4, -0.2) is 37.9 Å². The molecule has 0 N–H and O–H groups in total. The third-order valence-electron chi connectivity index (χ3n) is 1.61. The first-order chi connectivity index (χ1) is 8.33. The van der Waals surface area contributed by atoms with Crippen LogP contribution in [-0.2, 0) is 14.4 Å². The normalized spacial score (nSPS) is 7.59. The second-order valence-electron chi connectivity index (χ2n) is 2.98. The summed E-state index contributed by atoms with van der Waals surface area (Å²) in [4.78, 5) is 38.4. The second-order valence-corrected chi connectivity index (χ2v) is 2.98. The lowest BCUT2D eigenvalue weighted by Crippen LogP contribution is -1.84. The molecule has 0 rings (SSSR count). The van der Waals surface area contributed by atoms with Crippen molar-refractivity contribution in [2.75, 3.05) is 19.6 Å². The number of nitrogens with zero attached hydrogens (tertiary/aromatic N) is 3. The molecular formula is C11H17N3O3. The fourth-order valence-corrected chi connectivity index (χ4v) is 0.756. The molecule has 0 aliphatic rings. The van der Waals surface area contributed by atoms with Gasteiger partial charge in [0.25, 0.3) is 0 Å². The highest BCUT2D eigenvalue weighted by atomic mass is 16.1. The van der Waals surface area contributed by atoms with Crippen molar-refractivity contribution in [3.8, 4) is 0 Å². The summed E-state index contributed by atoms with van der Waals surface area (Å²) < 4.78 is 0. The van der Waals surface area contributed by atoms with Crippen molar-refractivity contribution in [3.05, 3.63) is 0 Å². The van der Waals surface area contributed by atoms with Crippen molar-refractivity contribution in [2.45, 2.75) is 32.6 Å². The minimum atomic E-state index is 0.470. The summed E-state index contributed by atoms with van der Waals surface area (Å²) in [5.74, 6) is 0. The van der Waals surface area contributed by atoms with Gasteiger partial charge in [0.15, 0.2) is 0 Å². The average Bonchev–Trinajstić information content (AvgIpc) is 2.35. The van der Waals surface area contributed by atoms with E-state index in [2.05, 4.69) is 21.9 Å². The Kier molecular flexibility index (Phi) is 20.3. The van der Waals surface area contributed by atoms with Crippen LogP contribution in [0.25, 0.3) is 0 Å². The number of isocyanates is 3. The Morgan fingerprint density at radius 2 is 1.06 bits per heavy atom. The number of carbonyl (C=O) groups excluding carboxylic acids is 3. The quantitative estimate of drug-likeness (QED) is 0.366. The molecule has 17 heavy (non-hydrogen) atoms. The number of hydrogen-bond donors (Lipinski definition) is 0. The van der Waals surface area contributed by atoms with Crippen molar-refractivity contribution in [2.24, 2.45) is 15.0 Å². The predicted octanol–water partition coefficient (Wildman–Crippen LogP) is 1.56. The van der Waals surface area contributed by atoms with Crippen LogP contribution in [0.3, 0.4) is 0 Å². The van der Waals surface area contributed by atoms with Crippen molar-refractivity contribution in [1.82, 2.24) is 0 Å². The fourth-order valence-electron chi connectivity index (χ4n) is 0.756.